The number of hydrogen-bond acceptors (Lipinski definition) is 7. The van der Waals surface area contributed by atoms with Gasteiger partial charge in [-0.3, -0.25) is 0 Å². The summed E-state index contributed by atoms with van der Waals surface area (Å²) in [6.07, 6.45) is 3.44. The number of aromatic nitrogens is 2. The maximum atomic E-state index is 12.3. The van der Waals surface area contributed by atoms with Crippen LogP contribution in [0.3, 0.4) is 0 Å². The van der Waals surface area contributed by atoms with Gasteiger partial charge in [0.2, 0.25) is 5.95 Å². The fourth-order valence-corrected chi connectivity index (χ4v) is 3.18. The average Bonchev–Trinajstić information content (AvgIpc) is 2.74. The summed E-state index contributed by atoms with van der Waals surface area (Å²) in [5, 5.41) is 9.45. The highest BCUT2D eigenvalue weighted by Crippen LogP contribution is 2.27. The van der Waals surface area contributed by atoms with E-state index in [9.17, 15) is 10.1 Å². The SMILES string of the molecule is N#Cc1c(N2CCN(c3ncccn3)CC2)cc(-c2ccccc2)oc1=O. The number of benzene rings is 1. The van der Waals surface area contributed by atoms with Crippen molar-refractivity contribution in [2.24, 2.45) is 0 Å². The van der Waals surface area contributed by atoms with Crippen molar-refractivity contribution in [1.82, 2.24) is 9.97 Å². The van der Waals surface area contributed by atoms with Crippen LogP contribution >= 0.6 is 0 Å². The normalized spacial score (nSPS) is 14.0. The van der Waals surface area contributed by atoms with Gasteiger partial charge in [0.25, 0.3) is 0 Å². The lowest BCUT2D eigenvalue weighted by atomic mass is 10.1. The molecule has 1 aliphatic heterocycles. The van der Waals surface area contributed by atoms with Crippen LogP contribution in [0, 0.1) is 11.3 Å². The largest absolute Gasteiger partial charge is 0.422 e. The fraction of sp³-hybridized carbons (Fsp3) is 0.200. The molecule has 1 aliphatic rings. The Morgan fingerprint density at radius 1 is 0.963 bits per heavy atom. The van der Waals surface area contributed by atoms with Gasteiger partial charge in [0, 0.05) is 50.2 Å². The summed E-state index contributed by atoms with van der Waals surface area (Å²) in [4.78, 5) is 25.0. The molecule has 1 saturated heterocycles. The molecular weight excluding hydrogens is 342 g/mol. The van der Waals surface area contributed by atoms with Crippen LogP contribution in [-0.2, 0) is 0 Å². The van der Waals surface area contributed by atoms with Crippen LogP contribution in [0.2, 0.25) is 0 Å². The Kier molecular flexibility index (Phi) is 4.54. The molecule has 0 atom stereocenters. The number of piperazine rings is 1. The predicted molar refractivity (Wildman–Crippen MR) is 102 cm³/mol. The molecule has 3 heterocycles. The Labute approximate surface area is 156 Å². The zero-order chi connectivity index (χ0) is 18.6. The van der Waals surface area contributed by atoms with Crippen molar-refractivity contribution in [3.8, 4) is 17.4 Å². The molecule has 3 aromatic rings. The Morgan fingerprint density at radius 2 is 1.63 bits per heavy atom. The van der Waals surface area contributed by atoms with Crippen LogP contribution < -0.4 is 15.4 Å². The number of nitriles is 1. The van der Waals surface area contributed by atoms with E-state index in [2.05, 4.69) is 14.9 Å². The average molecular weight is 359 g/mol. The smallest absolute Gasteiger partial charge is 0.356 e. The van der Waals surface area contributed by atoms with Crippen molar-refractivity contribution < 1.29 is 4.42 Å². The lowest BCUT2D eigenvalue weighted by Gasteiger charge is -2.36. The first-order valence-electron chi connectivity index (χ1n) is 8.67. The maximum Gasteiger partial charge on any atom is 0.356 e. The minimum Gasteiger partial charge on any atom is -0.422 e. The third-order valence-electron chi connectivity index (χ3n) is 4.56. The van der Waals surface area contributed by atoms with Gasteiger partial charge < -0.3 is 14.2 Å². The van der Waals surface area contributed by atoms with Crippen LogP contribution in [0.5, 0.6) is 0 Å². The molecule has 1 aromatic carbocycles. The molecule has 0 bridgehead atoms. The molecule has 1 fully saturated rings. The van der Waals surface area contributed by atoms with Crippen molar-refractivity contribution in [1.29, 1.82) is 5.26 Å². The first-order valence-corrected chi connectivity index (χ1v) is 8.67. The van der Waals surface area contributed by atoms with E-state index in [0.717, 1.165) is 5.56 Å². The van der Waals surface area contributed by atoms with Crippen molar-refractivity contribution in [2.45, 2.75) is 0 Å². The van der Waals surface area contributed by atoms with Gasteiger partial charge in [-0.25, -0.2) is 14.8 Å². The first-order chi connectivity index (χ1) is 13.3. The summed E-state index contributed by atoms with van der Waals surface area (Å²) in [5.74, 6) is 1.15. The van der Waals surface area contributed by atoms with Crippen molar-refractivity contribution >= 4 is 11.6 Å². The van der Waals surface area contributed by atoms with E-state index in [4.69, 9.17) is 4.42 Å². The van der Waals surface area contributed by atoms with E-state index >= 15 is 0 Å². The molecule has 0 radical (unpaired) electrons. The van der Waals surface area contributed by atoms with Crippen LogP contribution in [-0.4, -0.2) is 36.1 Å². The van der Waals surface area contributed by atoms with Crippen molar-refractivity contribution in [2.75, 3.05) is 36.0 Å². The highest BCUT2D eigenvalue weighted by molar-refractivity contribution is 5.67. The molecule has 134 valence electrons. The van der Waals surface area contributed by atoms with Crippen molar-refractivity contribution in [3.05, 3.63) is 70.8 Å². The van der Waals surface area contributed by atoms with E-state index in [-0.39, 0.29) is 5.56 Å². The third kappa shape index (κ3) is 3.37. The monoisotopic (exact) mass is 359 g/mol. The van der Waals surface area contributed by atoms with Crippen LogP contribution in [0.25, 0.3) is 11.3 Å². The molecule has 7 nitrogen and oxygen atoms in total. The molecule has 0 N–H and O–H groups in total. The van der Waals surface area contributed by atoms with Gasteiger partial charge in [0.15, 0.2) is 5.56 Å². The second-order valence-electron chi connectivity index (χ2n) is 6.16. The van der Waals surface area contributed by atoms with Gasteiger partial charge in [-0.2, -0.15) is 5.26 Å². The Morgan fingerprint density at radius 3 is 2.30 bits per heavy atom. The zero-order valence-corrected chi connectivity index (χ0v) is 14.6. The minimum atomic E-state index is -0.609. The fourth-order valence-electron chi connectivity index (χ4n) is 3.18. The highest BCUT2D eigenvalue weighted by atomic mass is 16.4. The van der Waals surface area contributed by atoms with Crippen LogP contribution in [0.4, 0.5) is 11.6 Å². The second-order valence-corrected chi connectivity index (χ2v) is 6.16. The van der Waals surface area contributed by atoms with Crippen molar-refractivity contribution in [3.63, 3.8) is 0 Å². The van der Waals surface area contributed by atoms with Gasteiger partial charge in [-0.15, -0.1) is 0 Å². The molecule has 27 heavy (non-hydrogen) atoms. The predicted octanol–water partition coefficient (Wildman–Crippen LogP) is 2.30. The summed E-state index contributed by atoms with van der Waals surface area (Å²) >= 11 is 0. The number of rotatable bonds is 3. The summed E-state index contributed by atoms with van der Waals surface area (Å²) in [5.41, 5.74) is 0.847. The quantitative estimate of drug-likeness (QED) is 0.709. The molecule has 2 aromatic heterocycles. The molecule has 0 amide bonds. The third-order valence-corrected chi connectivity index (χ3v) is 4.56. The van der Waals surface area contributed by atoms with Gasteiger partial charge in [-0.05, 0) is 6.07 Å². The Balaban J connectivity index is 1.63. The van der Waals surface area contributed by atoms with E-state index in [1.807, 2.05) is 41.3 Å². The standard InChI is InChI=1S/C20H17N5O2/c21-14-16-17(13-18(27-19(16)26)15-5-2-1-3-6-15)24-9-11-25(12-10-24)20-22-7-4-8-23-20/h1-8,13H,9-12H2. The molecule has 7 heteroatoms. The molecule has 0 spiro atoms. The molecule has 0 unspecified atom stereocenters. The number of hydrogen-bond donors (Lipinski definition) is 0. The van der Waals surface area contributed by atoms with E-state index in [1.54, 1.807) is 24.5 Å². The maximum absolute atomic E-state index is 12.3. The first kappa shape index (κ1) is 16.8. The van der Waals surface area contributed by atoms with Gasteiger partial charge in [0.1, 0.15) is 11.8 Å². The van der Waals surface area contributed by atoms with Gasteiger partial charge in [0.05, 0.1) is 5.69 Å². The van der Waals surface area contributed by atoms with Crippen LogP contribution in [0.1, 0.15) is 5.56 Å². The van der Waals surface area contributed by atoms with Crippen LogP contribution in [0.15, 0.2) is 64.1 Å². The Hall–Kier alpha value is -3.66. The number of anilines is 2. The zero-order valence-electron chi connectivity index (χ0n) is 14.6. The van der Waals surface area contributed by atoms with E-state index in [0.29, 0.717) is 43.6 Å². The molecule has 0 saturated carbocycles. The molecule has 0 aliphatic carbocycles. The second kappa shape index (κ2) is 7.30. The summed E-state index contributed by atoms with van der Waals surface area (Å²) < 4.78 is 5.37. The lowest BCUT2D eigenvalue weighted by molar-refractivity contribution is 0.521. The summed E-state index contributed by atoms with van der Waals surface area (Å²) in [6, 6.07) is 15.0. The number of nitrogens with zero attached hydrogens (tertiary/aromatic N) is 5. The molecule has 4 rings (SSSR count). The highest BCUT2D eigenvalue weighted by Gasteiger charge is 2.23. The van der Waals surface area contributed by atoms with Gasteiger partial charge >= 0.3 is 5.63 Å². The Bertz CT molecular complexity index is 1020. The van der Waals surface area contributed by atoms with Gasteiger partial charge in [-0.1, -0.05) is 30.3 Å². The van der Waals surface area contributed by atoms with E-state index in [1.165, 1.54) is 0 Å². The summed E-state index contributed by atoms with van der Waals surface area (Å²) in [6.45, 7) is 2.72. The summed E-state index contributed by atoms with van der Waals surface area (Å²) in [7, 11) is 0. The molecular formula is C20H17N5O2. The minimum absolute atomic E-state index is 0.0408. The topological polar surface area (TPSA) is 86.3 Å². The van der Waals surface area contributed by atoms with E-state index < -0.39 is 5.63 Å². The lowest BCUT2D eigenvalue weighted by Crippen LogP contribution is -2.47.